The average Bonchev–Trinajstić information content (AvgIpc) is 3.02. The lowest BCUT2D eigenvalue weighted by molar-refractivity contribution is -0.384. The standard InChI is InChI=1S/C21H22N2O5S/c1-28-21(25)19-16-6-4-2-3-5-7-17(16)29-20(19)22-18(24)13-10-14-8-11-15(12-9-14)23(26)27/h8-13H,2-7H2,1H3,(H,22,24)/b13-10+. The van der Waals surface area contributed by atoms with Crippen molar-refractivity contribution < 1.29 is 19.2 Å². The summed E-state index contributed by atoms with van der Waals surface area (Å²) in [7, 11) is 1.34. The van der Waals surface area contributed by atoms with Crippen LogP contribution in [0.3, 0.4) is 0 Å². The predicted molar refractivity (Wildman–Crippen MR) is 112 cm³/mol. The number of carbonyl (C=O) groups excluding carboxylic acids is 2. The Bertz CT molecular complexity index is 947. The molecule has 1 amide bonds. The molecule has 0 unspecified atom stereocenters. The van der Waals surface area contributed by atoms with Crippen molar-refractivity contribution in [2.75, 3.05) is 12.4 Å². The van der Waals surface area contributed by atoms with Gasteiger partial charge in [-0.05, 0) is 55.0 Å². The van der Waals surface area contributed by atoms with Crippen LogP contribution in [0.5, 0.6) is 0 Å². The van der Waals surface area contributed by atoms with E-state index in [-0.39, 0.29) is 11.6 Å². The molecular formula is C21H22N2O5S. The first-order chi connectivity index (χ1) is 14.0. The van der Waals surface area contributed by atoms with E-state index in [1.54, 1.807) is 18.2 Å². The summed E-state index contributed by atoms with van der Waals surface area (Å²) >= 11 is 1.44. The molecule has 0 atom stereocenters. The molecule has 0 saturated heterocycles. The third-order valence-electron chi connectivity index (χ3n) is 4.83. The zero-order chi connectivity index (χ0) is 20.8. The van der Waals surface area contributed by atoms with Crippen LogP contribution >= 0.6 is 11.3 Å². The Balaban J connectivity index is 1.79. The highest BCUT2D eigenvalue weighted by Crippen LogP contribution is 2.37. The normalized spacial score (nSPS) is 14.0. The Hall–Kier alpha value is -3.00. The summed E-state index contributed by atoms with van der Waals surface area (Å²) in [6, 6.07) is 5.90. The second-order valence-corrected chi connectivity index (χ2v) is 7.89. The molecular weight excluding hydrogens is 392 g/mol. The first kappa shape index (κ1) is 20.7. The quantitative estimate of drug-likeness (QED) is 0.329. The number of amides is 1. The molecule has 0 radical (unpaired) electrons. The third-order valence-corrected chi connectivity index (χ3v) is 6.04. The van der Waals surface area contributed by atoms with E-state index in [2.05, 4.69) is 5.32 Å². The molecule has 1 aromatic carbocycles. The fourth-order valence-corrected chi connectivity index (χ4v) is 4.64. The molecule has 2 aromatic rings. The van der Waals surface area contributed by atoms with Crippen molar-refractivity contribution >= 4 is 40.0 Å². The molecule has 0 bridgehead atoms. The first-order valence-corrected chi connectivity index (χ1v) is 10.3. The van der Waals surface area contributed by atoms with Gasteiger partial charge in [-0.25, -0.2) is 4.79 Å². The van der Waals surface area contributed by atoms with Gasteiger partial charge in [-0.3, -0.25) is 14.9 Å². The molecule has 1 heterocycles. The van der Waals surface area contributed by atoms with Crippen molar-refractivity contribution in [1.82, 2.24) is 0 Å². The van der Waals surface area contributed by atoms with Crippen molar-refractivity contribution in [3.63, 3.8) is 0 Å². The maximum atomic E-state index is 12.4. The van der Waals surface area contributed by atoms with E-state index in [0.717, 1.165) is 42.5 Å². The van der Waals surface area contributed by atoms with Gasteiger partial charge in [0.15, 0.2) is 0 Å². The molecule has 0 aliphatic heterocycles. The van der Waals surface area contributed by atoms with Gasteiger partial charge in [0.05, 0.1) is 17.6 Å². The van der Waals surface area contributed by atoms with Crippen LogP contribution in [-0.4, -0.2) is 23.9 Å². The summed E-state index contributed by atoms with van der Waals surface area (Å²) in [5.41, 5.74) is 2.12. The number of nitro benzene ring substituents is 1. The van der Waals surface area contributed by atoms with Crippen LogP contribution in [0.2, 0.25) is 0 Å². The summed E-state index contributed by atoms with van der Waals surface area (Å²) in [5.74, 6) is -0.805. The number of thiophene rings is 1. The van der Waals surface area contributed by atoms with E-state index in [4.69, 9.17) is 4.74 Å². The number of esters is 1. The number of benzene rings is 1. The minimum Gasteiger partial charge on any atom is -0.465 e. The van der Waals surface area contributed by atoms with Gasteiger partial charge in [-0.2, -0.15) is 0 Å². The third kappa shape index (κ3) is 5.08. The van der Waals surface area contributed by atoms with Gasteiger partial charge in [0.2, 0.25) is 5.91 Å². The minimum atomic E-state index is -0.475. The molecule has 0 saturated carbocycles. The highest BCUT2D eigenvalue weighted by Gasteiger charge is 2.25. The molecule has 8 heteroatoms. The Morgan fingerprint density at radius 2 is 1.83 bits per heavy atom. The Labute approximate surface area is 172 Å². The van der Waals surface area contributed by atoms with Crippen LogP contribution in [0.25, 0.3) is 6.08 Å². The maximum Gasteiger partial charge on any atom is 0.341 e. The SMILES string of the molecule is COC(=O)c1c(NC(=O)/C=C/c2ccc([N+](=O)[O-])cc2)sc2c1CCCCCC2. The fourth-order valence-electron chi connectivity index (χ4n) is 3.36. The summed E-state index contributed by atoms with van der Waals surface area (Å²) in [6.45, 7) is 0. The van der Waals surface area contributed by atoms with Gasteiger partial charge in [-0.15, -0.1) is 11.3 Å². The number of rotatable bonds is 5. The topological polar surface area (TPSA) is 98.5 Å². The molecule has 1 aliphatic rings. The molecule has 1 aromatic heterocycles. The molecule has 152 valence electrons. The summed E-state index contributed by atoms with van der Waals surface area (Å²) in [5, 5.41) is 14.0. The number of nitrogens with one attached hydrogen (secondary N) is 1. The number of hydrogen-bond donors (Lipinski definition) is 1. The van der Waals surface area contributed by atoms with Crippen LogP contribution in [0, 0.1) is 10.1 Å². The summed E-state index contributed by atoms with van der Waals surface area (Å²) in [4.78, 5) is 36.2. The zero-order valence-electron chi connectivity index (χ0n) is 16.1. The lowest BCUT2D eigenvalue weighted by atomic mass is 9.96. The van der Waals surface area contributed by atoms with Crippen LogP contribution in [0.1, 0.15) is 52.0 Å². The summed E-state index contributed by atoms with van der Waals surface area (Å²) < 4.78 is 4.96. The van der Waals surface area contributed by atoms with Crippen molar-refractivity contribution in [3.05, 3.63) is 62.0 Å². The van der Waals surface area contributed by atoms with Crippen molar-refractivity contribution in [1.29, 1.82) is 0 Å². The average molecular weight is 414 g/mol. The lowest BCUT2D eigenvalue weighted by Gasteiger charge is -2.10. The van der Waals surface area contributed by atoms with Gasteiger partial charge in [-0.1, -0.05) is 12.8 Å². The largest absolute Gasteiger partial charge is 0.465 e. The van der Waals surface area contributed by atoms with E-state index in [9.17, 15) is 19.7 Å². The van der Waals surface area contributed by atoms with Gasteiger partial charge in [0.1, 0.15) is 5.00 Å². The van der Waals surface area contributed by atoms with E-state index in [0.29, 0.717) is 16.1 Å². The van der Waals surface area contributed by atoms with Crippen molar-refractivity contribution in [2.45, 2.75) is 38.5 Å². The number of non-ortho nitro benzene ring substituents is 1. The Kier molecular flexibility index (Phi) is 6.77. The number of carbonyl (C=O) groups is 2. The number of ether oxygens (including phenoxy) is 1. The van der Waals surface area contributed by atoms with Crippen LogP contribution in [-0.2, 0) is 22.4 Å². The first-order valence-electron chi connectivity index (χ1n) is 9.46. The molecule has 1 aliphatic carbocycles. The number of aryl methyl sites for hydroxylation is 1. The molecule has 0 fully saturated rings. The highest BCUT2D eigenvalue weighted by molar-refractivity contribution is 7.17. The summed E-state index contributed by atoms with van der Waals surface area (Å²) in [6.07, 6.45) is 9.02. The number of anilines is 1. The van der Waals surface area contributed by atoms with Crippen LogP contribution in [0.4, 0.5) is 10.7 Å². The number of nitrogens with zero attached hydrogens (tertiary/aromatic N) is 1. The predicted octanol–water partition coefficient (Wildman–Crippen LogP) is 4.75. The molecule has 0 spiro atoms. The smallest absolute Gasteiger partial charge is 0.341 e. The number of hydrogen-bond acceptors (Lipinski definition) is 6. The Morgan fingerprint density at radius 1 is 1.14 bits per heavy atom. The number of nitro groups is 1. The van der Waals surface area contributed by atoms with E-state index in [1.165, 1.54) is 43.1 Å². The monoisotopic (exact) mass is 414 g/mol. The molecule has 7 nitrogen and oxygen atoms in total. The van der Waals surface area contributed by atoms with Gasteiger partial charge in [0.25, 0.3) is 5.69 Å². The minimum absolute atomic E-state index is 0.00896. The van der Waals surface area contributed by atoms with Crippen molar-refractivity contribution in [2.24, 2.45) is 0 Å². The fraction of sp³-hybridized carbons (Fsp3) is 0.333. The highest BCUT2D eigenvalue weighted by atomic mass is 32.1. The van der Waals surface area contributed by atoms with Crippen LogP contribution < -0.4 is 5.32 Å². The van der Waals surface area contributed by atoms with Gasteiger partial charge >= 0.3 is 5.97 Å². The van der Waals surface area contributed by atoms with Gasteiger partial charge < -0.3 is 10.1 Å². The molecule has 1 N–H and O–H groups in total. The van der Waals surface area contributed by atoms with E-state index in [1.807, 2.05) is 0 Å². The van der Waals surface area contributed by atoms with Gasteiger partial charge in [0, 0.05) is 23.1 Å². The zero-order valence-corrected chi connectivity index (χ0v) is 16.9. The number of methoxy groups -OCH3 is 1. The molecule has 29 heavy (non-hydrogen) atoms. The van der Waals surface area contributed by atoms with Crippen LogP contribution in [0.15, 0.2) is 30.3 Å². The Morgan fingerprint density at radius 3 is 2.48 bits per heavy atom. The second kappa shape index (κ2) is 9.47. The second-order valence-electron chi connectivity index (χ2n) is 6.78. The van der Waals surface area contributed by atoms with E-state index < -0.39 is 10.9 Å². The van der Waals surface area contributed by atoms with Crippen molar-refractivity contribution in [3.8, 4) is 0 Å². The number of fused-ring (bicyclic) bond motifs is 1. The lowest BCUT2D eigenvalue weighted by Crippen LogP contribution is -2.12. The van der Waals surface area contributed by atoms with E-state index >= 15 is 0 Å². The molecule has 3 rings (SSSR count). The maximum absolute atomic E-state index is 12.4.